The summed E-state index contributed by atoms with van der Waals surface area (Å²) < 4.78 is 57.1. The molecule has 2 saturated heterocycles. The number of fused-ring (bicyclic) bond motifs is 2. The maximum atomic E-state index is 13.3. The van der Waals surface area contributed by atoms with Crippen molar-refractivity contribution in [3.63, 3.8) is 0 Å². The van der Waals surface area contributed by atoms with Crippen LogP contribution in [0.15, 0.2) is 48.8 Å². The number of hydrogen-bond donors (Lipinski definition) is 2. The standard InChI is InChI=1S/C43H69N4O9P/c1-5-6-7-8-9-10-11-12-13-14-15-16-17-18-19-23-28-50-30-35(51-29-34-24-21-20-22-25-34)31-52-57(48,49)53-32-37-39-40(56-42(2,3)55-39)43(4,54-37)38-27-26-36-41(44)45-33-46-47(36)38/h20-22,24-27,33,35,37,39-40H,5-19,23,28-32H2,1-4H3,(H,48,49)(H2,44,45,46)/t35-,37-,39-,40-,43+/m1/s1. The molecule has 6 atom stereocenters. The first-order valence-corrected chi connectivity index (χ1v) is 23.0. The van der Waals surface area contributed by atoms with E-state index in [1.807, 2.05) is 63.2 Å². The Kier molecular flexibility index (Phi) is 18.2. The third-order valence-corrected chi connectivity index (χ3v) is 12.0. The van der Waals surface area contributed by atoms with E-state index >= 15 is 0 Å². The highest BCUT2D eigenvalue weighted by Gasteiger charge is 2.62. The van der Waals surface area contributed by atoms with Crippen LogP contribution in [0.1, 0.15) is 142 Å². The Labute approximate surface area is 340 Å². The number of nitrogens with two attached hydrogens (primary N) is 1. The van der Waals surface area contributed by atoms with E-state index in [1.165, 1.54) is 96.2 Å². The summed E-state index contributed by atoms with van der Waals surface area (Å²) in [4.78, 5) is 14.9. The Morgan fingerprint density at radius 3 is 2.11 bits per heavy atom. The molecule has 57 heavy (non-hydrogen) atoms. The molecular formula is C43H69N4O9P. The van der Waals surface area contributed by atoms with Crippen LogP contribution in [0.5, 0.6) is 0 Å². The molecule has 1 unspecified atom stereocenters. The summed E-state index contributed by atoms with van der Waals surface area (Å²) in [6, 6.07) is 13.4. The van der Waals surface area contributed by atoms with Crippen molar-refractivity contribution in [3.05, 3.63) is 60.0 Å². The zero-order chi connectivity index (χ0) is 40.6. The number of ether oxygens (including phenoxy) is 5. The maximum absolute atomic E-state index is 13.3. The molecule has 2 aromatic heterocycles. The number of rotatable bonds is 29. The van der Waals surface area contributed by atoms with Gasteiger partial charge in [-0.2, -0.15) is 5.10 Å². The van der Waals surface area contributed by atoms with Gasteiger partial charge in [0.15, 0.2) is 11.6 Å². The van der Waals surface area contributed by atoms with Gasteiger partial charge >= 0.3 is 7.82 Å². The molecule has 0 radical (unpaired) electrons. The van der Waals surface area contributed by atoms with Crippen LogP contribution in [0.4, 0.5) is 5.82 Å². The summed E-state index contributed by atoms with van der Waals surface area (Å²) in [5.74, 6) is -0.595. The molecule has 320 valence electrons. The Morgan fingerprint density at radius 2 is 1.46 bits per heavy atom. The topological polar surface area (TPSA) is 158 Å². The van der Waals surface area contributed by atoms with Gasteiger partial charge in [-0.05, 0) is 44.9 Å². The summed E-state index contributed by atoms with van der Waals surface area (Å²) in [6.07, 6.45) is 19.9. The fourth-order valence-corrected chi connectivity index (χ4v) is 8.65. The number of phosphoric acid groups is 1. The van der Waals surface area contributed by atoms with Crippen molar-refractivity contribution >= 4 is 19.2 Å². The van der Waals surface area contributed by atoms with Crippen LogP contribution in [0, 0.1) is 0 Å². The predicted octanol–water partition coefficient (Wildman–Crippen LogP) is 9.44. The average molecular weight is 817 g/mol. The molecule has 2 aliphatic heterocycles. The molecule has 2 fully saturated rings. The van der Waals surface area contributed by atoms with Crippen LogP contribution in [0.3, 0.4) is 0 Å². The van der Waals surface area contributed by atoms with Gasteiger partial charge in [0, 0.05) is 6.61 Å². The molecule has 0 amide bonds. The van der Waals surface area contributed by atoms with Crippen molar-refractivity contribution in [2.24, 2.45) is 0 Å². The first-order valence-electron chi connectivity index (χ1n) is 21.5. The Hall–Kier alpha value is -2.45. The predicted molar refractivity (Wildman–Crippen MR) is 221 cm³/mol. The molecule has 1 aromatic carbocycles. The number of benzene rings is 1. The van der Waals surface area contributed by atoms with Gasteiger partial charge in [-0.1, -0.05) is 134 Å². The molecule has 0 saturated carbocycles. The normalized spacial score (nSPS) is 23.2. The first kappa shape index (κ1) is 45.6. The second-order valence-electron chi connectivity index (χ2n) is 16.3. The molecule has 4 heterocycles. The average Bonchev–Trinajstić information content (AvgIpc) is 3.86. The monoisotopic (exact) mass is 816 g/mol. The van der Waals surface area contributed by atoms with E-state index < -0.39 is 43.6 Å². The van der Waals surface area contributed by atoms with Crippen LogP contribution in [-0.2, 0) is 49.5 Å². The third kappa shape index (κ3) is 14.1. The van der Waals surface area contributed by atoms with E-state index in [2.05, 4.69) is 17.0 Å². The van der Waals surface area contributed by atoms with Gasteiger partial charge in [0.2, 0.25) is 0 Å². The number of phosphoric ester groups is 1. The molecule has 3 N–H and O–H groups in total. The van der Waals surface area contributed by atoms with Crippen LogP contribution < -0.4 is 5.73 Å². The number of nitrogen functional groups attached to an aromatic ring is 1. The first-order chi connectivity index (χ1) is 27.5. The smallest absolute Gasteiger partial charge is 0.382 e. The minimum Gasteiger partial charge on any atom is -0.382 e. The lowest BCUT2D eigenvalue weighted by molar-refractivity contribution is -0.212. The zero-order valence-corrected chi connectivity index (χ0v) is 35.8. The number of nitrogens with zero attached hydrogens (tertiary/aromatic N) is 3. The third-order valence-electron chi connectivity index (χ3n) is 11.0. The number of aromatic nitrogens is 3. The van der Waals surface area contributed by atoms with Crippen molar-refractivity contribution in [1.82, 2.24) is 14.6 Å². The quantitative estimate of drug-likeness (QED) is 0.0506. The van der Waals surface area contributed by atoms with E-state index in [4.69, 9.17) is 38.5 Å². The van der Waals surface area contributed by atoms with Crippen LogP contribution >= 0.6 is 7.82 Å². The van der Waals surface area contributed by atoms with Crippen LogP contribution in [-0.4, -0.2) is 76.1 Å². The van der Waals surface area contributed by atoms with E-state index in [0.717, 1.165) is 18.4 Å². The second kappa shape index (κ2) is 22.8. The summed E-state index contributed by atoms with van der Waals surface area (Å²) in [5.41, 5.74) is 7.31. The van der Waals surface area contributed by atoms with Crippen molar-refractivity contribution in [3.8, 4) is 0 Å². The summed E-state index contributed by atoms with van der Waals surface area (Å²) >= 11 is 0. The summed E-state index contributed by atoms with van der Waals surface area (Å²) in [7, 11) is -4.54. The summed E-state index contributed by atoms with van der Waals surface area (Å²) in [6.45, 7) is 8.42. The van der Waals surface area contributed by atoms with Crippen molar-refractivity contribution < 1.29 is 42.2 Å². The SMILES string of the molecule is CCCCCCCCCCCCCCCCCCOC[C@H](COP(=O)(O)OC[C@H]1O[C@@](C)(c2ccc3c(N)ncnn23)[C@@H]2OC(C)(C)O[C@@H]21)OCc1ccccc1. The van der Waals surface area contributed by atoms with Crippen LogP contribution in [0.2, 0.25) is 0 Å². The van der Waals surface area contributed by atoms with Gasteiger partial charge in [0.1, 0.15) is 41.9 Å². The molecule has 13 nitrogen and oxygen atoms in total. The van der Waals surface area contributed by atoms with Gasteiger partial charge in [-0.3, -0.25) is 9.05 Å². The highest BCUT2D eigenvalue weighted by Crippen LogP contribution is 2.51. The Bertz CT molecular complexity index is 1650. The van der Waals surface area contributed by atoms with Gasteiger partial charge in [0.25, 0.3) is 0 Å². The minimum atomic E-state index is -4.54. The molecule has 0 aliphatic carbocycles. The Balaban J connectivity index is 1.02. The van der Waals surface area contributed by atoms with Crippen molar-refractivity contribution in [2.45, 2.75) is 173 Å². The maximum Gasteiger partial charge on any atom is 0.472 e. The van der Waals surface area contributed by atoms with E-state index in [-0.39, 0.29) is 19.8 Å². The Morgan fingerprint density at radius 1 is 0.825 bits per heavy atom. The van der Waals surface area contributed by atoms with Crippen molar-refractivity contribution in [1.29, 1.82) is 0 Å². The molecule has 2 aliphatic rings. The molecule has 0 spiro atoms. The van der Waals surface area contributed by atoms with Gasteiger partial charge < -0.3 is 34.3 Å². The van der Waals surface area contributed by atoms with Gasteiger partial charge in [0.05, 0.1) is 32.1 Å². The minimum absolute atomic E-state index is 0.196. The molecule has 5 rings (SSSR count). The van der Waals surface area contributed by atoms with Crippen molar-refractivity contribution in [2.75, 3.05) is 32.2 Å². The number of anilines is 1. The van der Waals surface area contributed by atoms with Gasteiger partial charge in [-0.15, -0.1) is 0 Å². The molecular weight excluding hydrogens is 747 g/mol. The van der Waals surface area contributed by atoms with E-state index in [9.17, 15) is 9.46 Å². The second-order valence-corrected chi connectivity index (χ2v) is 17.8. The molecule has 14 heteroatoms. The largest absolute Gasteiger partial charge is 0.472 e. The molecule has 0 bridgehead atoms. The highest BCUT2D eigenvalue weighted by molar-refractivity contribution is 7.47. The fraction of sp³-hybridized carbons (Fsp3) is 0.721. The van der Waals surface area contributed by atoms with E-state index in [0.29, 0.717) is 30.2 Å². The lowest BCUT2D eigenvalue weighted by atomic mass is 9.93. The van der Waals surface area contributed by atoms with Gasteiger partial charge in [-0.25, -0.2) is 14.1 Å². The number of hydrogen-bond acceptors (Lipinski definition) is 11. The number of unbranched alkanes of at least 4 members (excludes halogenated alkanes) is 15. The fourth-order valence-electron chi connectivity index (χ4n) is 7.88. The zero-order valence-electron chi connectivity index (χ0n) is 34.9. The van der Waals surface area contributed by atoms with Crippen LogP contribution in [0.25, 0.3) is 5.52 Å². The highest BCUT2D eigenvalue weighted by atomic mass is 31.2. The lowest BCUT2D eigenvalue weighted by Gasteiger charge is -2.31. The van der Waals surface area contributed by atoms with E-state index in [1.54, 1.807) is 4.52 Å². The summed E-state index contributed by atoms with van der Waals surface area (Å²) in [5, 5.41) is 4.39. The molecule has 3 aromatic rings. The lowest BCUT2D eigenvalue weighted by Crippen LogP contribution is -2.39.